The summed E-state index contributed by atoms with van der Waals surface area (Å²) in [6.45, 7) is 6.58. The summed E-state index contributed by atoms with van der Waals surface area (Å²) in [6, 6.07) is 4.25. The molecule has 5 aliphatic rings. The Balaban J connectivity index is 1.34. The van der Waals surface area contributed by atoms with E-state index in [0.717, 1.165) is 73.8 Å². The summed E-state index contributed by atoms with van der Waals surface area (Å²) >= 11 is 1.71. The van der Waals surface area contributed by atoms with Crippen LogP contribution in [0.25, 0.3) is 0 Å². The molecule has 0 spiro atoms. The molecular weight excluding hydrogens is 406 g/mol. The molecule has 2 N–H and O–H groups in total. The summed E-state index contributed by atoms with van der Waals surface area (Å²) < 4.78 is 0. The van der Waals surface area contributed by atoms with Gasteiger partial charge < -0.3 is 15.3 Å². The minimum Gasteiger partial charge on any atom is -0.390 e. The molecule has 0 aromatic carbocycles. The molecule has 1 aromatic rings. The van der Waals surface area contributed by atoms with Crippen LogP contribution in [0.2, 0.25) is 0 Å². The highest BCUT2D eigenvalue weighted by Gasteiger charge is 2.55. The normalized spacial score (nSPS) is 36.6. The largest absolute Gasteiger partial charge is 0.390 e. The van der Waals surface area contributed by atoms with Gasteiger partial charge >= 0.3 is 0 Å². The monoisotopic (exact) mass is 443 g/mol. The predicted molar refractivity (Wildman–Crippen MR) is 126 cm³/mol. The van der Waals surface area contributed by atoms with Crippen LogP contribution in [0.3, 0.4) is 0 Å². The second-order valence-corrected chi connectivity index (χ2v) is 11.8. The van der Waals surface area contributed by atoms with Crippen molar-refractivity contribution in [1.82, 2.24) is 10.3 Å². The third-order valence-corrected chi connectivity index (χ3v) is 9.25. The molecule has 0 radical (unpaired) electrons. The zero-order chi connectivity index (χ0) is 21.6. The van der Waals surface area contributed by atoms with Crippen LogP contribution in [0.4, 0.5) is 5.82 Å². The van der Waals surface area contributed by atoms with Gasteiger partial charge in [-0.05, 0) is 92.9 Å². The van der Waals surface area contributed by atoms with E-state index in [0.29, 0.717) is 23.7 Å². The average molecular weight is 444 g/mol. The van der Waals surface area contributed by atoms with Crippen molar-refractivity contribution in [2.24, 2.45) is 23.7 Å². The number of nitrogens with zero attached hydrogens (tertiary/aromatic N) is 2. The van der Waals surface area contributed by atoms with Crippen LogP contribution in [-0.4, -0.2) is 46.5 Å². The molecule has 4 bridgehead atoms. The summed E-state index contributed by atoms with van der Waals surface area (Å²) in [5, 5.41) is 15.1. The van der Waals surface area contributed by atoms with Crippen LogP contribution < -0.4 is 10.2 Å². The summed E-state index contributed by atoms with van der Waals surface area (Å²) in [6.07, 6.45) is 8.55. The van der Waals surface area contributed by atoms with Crippen molar-refractivity contribution in [2.45, 2.75) is 81.9 Å². The van der Waals surface area contributed by atoms with Crippen molar-refractivity contribution in [3.63, 3.8) is 0 Å². The van der Waals surface area contributed by atoms with Crippen LogP contribution in [-0.2, 0) is 0 Å². The quantitative estimate of drug-likeness (QED) is 0.634. The van der Waals surface area contributed by atoms with E-state index in [2.05, 4.69) is 24.1 Å². The number of thioether (sulfide) groups is 1. The maximum atomic E-state index is 13.4. The number of carbonyl (C=O) groups excluding carboxylic acids is 1. The van der Waals surface area contributed by atoms with E-state index in [1.807, 2.05) is 12.1 Å². The summed E-state index contributed by atoms with van der Waals surface area (Å²) in [5.74, 6) is 4.20. The number of hydrogen-bond donors (Lipinski definition) is 2. The first-order valence-electron chi connectivity index (χ1n) is 12.4. The van der Waals surface area contributed by atoms with Crippen LogP contribution in [0.1, 0.15) is 75.6 Å². The van der Waals surface area contributed by atoms with Gasteiger partial charge in [0.2, 0.25) is 0 Å². The second-order valence-electron chi connectivity index (χ2n) is 10.8. The maximum Gasteiger partial charge on any atom is 0.254 e. The number of aromatic nitrogens is 1. The molecular formula is C25H37N3O2S. The molecule has 5 nitrogen and oxygen atoms in total. The number of piperidine rings is 1. The van der Waals surface area contributed by atoms with Crippen molar-refractivity contribution in [3.8, 4) is 0 Å². The predicted octanol–water partition coefficient (Wildman–Crippen LogP) is 4.49. The molecule has 5 fully saturated rings. The highest BCUT2D eigenvalue weighted by Crippen LogP contribution is 2.55. The smallest absolute Gasteiger partial charge is 0.254 e. The molecule has 2 unspecified atom stereocenters. The Bertz CT molecular complexity index is 815. The summed E-state index contributed by atoms with van der Waals surface area (Å²) in [7, 11) is 0. The van der Waals surface area contributed by atoms with Crippen molar-refractivity contribution in [2.75, 3.05) is 23.7 Å². The van der Waals surface area contributed by atoms with Crippen LogP contribution in [0.15, 0.2) is 17.2 Å². The summed E-state index contributed by atoms with van der Waals surface area (Å²) in [5.41, 5.74) is 0.258. The van der Waals surface area contributed by atoms with Gasteiger partial charge in [0.15, 0.2) is 0 Å². The number of carbonyl (C=O) groups is 1. The van der Waals surface area contributed by atoms with Gasteiger partial charge in [-0.2, -0.15) is 0 Å². The Kier molecular flexibility index (Phi) is 5.97. The SMILES string of the molecule is CCCSc1nc(N2CCC[C@H](C)C2)ccc1C(=O)NC1C2CC3CC1CC(O)(C3)C2. The molecule has 1 amide bonds. The van der Waals surface area contributed by atoms with Gasteiger partial charge in [0, 0.05) is 19.1 Å². The van der Waals surface area contributed by atoms with E-state index in [4.69, 9.17) is 4.98 Å². The van der Waals surface area contributed by atoms with Crippen molar-refractivity contribution >= 4 is 23.5 Å². The third-order valence-electron chi connectivity index (χ3n) is 8.05. The molecule has 4 saturated carbocycles. The van der Waals surface area contributed by atoms with Crippen LogP contribution in [0, 0.1) is 23.7 Å². The fraction of sp³-hybridized carbons (Fsp3) is 0.760. The highest BCUT2D eigenvalue weighted by atomic mass is 32.2. The van der Waals surface area contributed by atoms with E-state index < -0.39 is 5.60 Å². The number of anilines is 1. The first-order chi connectivity index (χ1) is 14.9. The highest BCUT2D eigenvalue weighted by molar-refractivity contribution is 7.99. The zero-order valence-electron chi connectivity index (χ0n) is 19.0. The molecule has 31 heavy (non-hydrogen) atoms. The standard InChI is InChI=1S/C25H37N3O2S/c1-3-9-31-24-20(6-7-21(26-24)28-8-4-5-16(2)15-28)23(29)27-22-18-10-17-11-19(22)14-25(30,12-17)13-18/h6-7,16-19,22,30H,3-5,8-15H2,1-2H3,(H,27,29)/t16-,17?,18?,19?,22?,25?/m0/s1. The average Bonchev–Trinajstić information content (AvgIpc) is 2.73. The lowest BCUT2D eigenvalue weighted by Crippen LogP contribution is -2.61. The number of pyridine rings is 1. The van der Waals surface area contributed by atoms with E-state index in [-0.39, 0.29) is 11.9 Å². The lowest BCUT2D eigenvalue weighted by molar-refractivity contribution is -0.136. The minimum atomic E-state index is -0.464. The van der Waals surface area contributed by atoms with Crippen molar-refractivity contribution in [1.29, 1.82) is 0 Å². The first-order valence-corrected chi connectivity index (χ1v) is 13.3. The number of rotatable bonds is 6. The van der Waals surface area contributed by atoms with Gasteiger partial charge in [-0.1, -0.05) is 13.8 Å². The van der Waals surface area contributed by atoms with Gasteiger partial charge in [-0.3, -0.25) is 4.79 Å². The topological polar surface area (TPSA) is 65.5 Å². The van der Waals surface area contributed by atoms with E-state index in [9.17, 15) is 9.90 Å². The van der Waals surface area contributed by atoms with Gasteiger partial charge in [-0.15, -0.1) is 11.8 Å². The lowest BCUT2D eigenvalue weighted by atomic mass is 9.52. The van der Waals surface area contributed by atoms with E-state index in [1.165, 1.54) is 12.8 Å². The maximum absolute atomic E-state index is 13.4. The van der Waals surface area contributed by atoms with Crippen LogP contribution in [0.5, 0.6) is 0 Å². The van der Waals surface area contributed by atoms with E-state index in [1.54, 1.807) is 11.8 Å². The number of aliphatic hydroxyl groups is 1. The number of hydrogen-bond acceptors (Lipinski definition) is 5. The molecule has 1 aliphatic heterocycles. The fourth-order valence-corrected chi connectivity index (χ4v) is 7.80. The van der Waals surface area contributed by atoms with Gasteiger partial charge in [0.25, 0.3) is 5.91 Å². The van der Waals surface area contributed by atoms with Gasteiger partial charge in [0.1, 0.15) is 10.8 Å². The van der Waals surface area contributed by atoms with Gasteiger partial charge in [0.05, 0.1) is 11.2 Å². The van der Waals surface area contributed by atoms with Crippen molar-refractivity contribution < 1.29 is 9.90 Å². The first kappa shape index (κ1) is 21.6. The van der Waals surface area contributed by atoms with Crippen LogP contribution >= 0.6 is 11.8 Å². The molecule has 6 rings (SSSR count). The molecule has 3 atom stereocenters. The zero-order valence-corrected chi connectivity index (χ0v) is 19.8. The molecule has 1 aromatic heterocycles. The van der Waals surface area contributed by atoms with E-state index >= 15 is 0 Å². The molecule has 1 saturated heterocycles. The molecule has 6 heteroatoms. The summed E-state index contributed by atoms with van der Waals surface area (Å²) in [4.78, 5) is 20.8. The Morgan fingerprint density at radius 3 is 2.74 bits per heavy atom. The molecule has 4 aliphatic carbocycles. The van der Waals surface area contributed by atoms with Gasteiger partial charge in [-0.25, -0.2) is 4.98 Å². The number of amides is 1. The third kappa shape index (κ3) is 4.35. The minimum absolute atomic E-state index is 0.0223. The second kappa shape index (κ2) is 8.58. The Labute approximate surface area is 190 Å². The fourth-order valence-electron chi connectivity index (χ4n) is 6.93. The Morgan fingerprint density at radius 1 is 1.29 bits per heavy atom. The van der Waals surface area contributed by atoms with Crippen molar-refractivity contribution in [3.05, 3.63) is 17.7 Å². The number of nitrogens with one attached hydrogen (secondary N) is 1. The molecule has 2 heterocycles. The molecule has 170 valence electrons. The Morgan fingerprint density at radius 2 is 2.06 bits per heavy atom. The lowest BCUT2D eigenvalue weighted by Gasteiger charge is -2.58. The Hall–Kier alpha value is -1.27.